The van der Waals surface area contributed by atoms with Gasteiger partial charge in [-0.1, -0.05) is 0 Å². The molecule has 0 bridgehead atoms. The molecule has 0 rings (SSSR count). The Balaban J connectivity index is 3.49. The van der Waals surface area contributed by atoms with E-state index in [0.29, 0.717) is 0 Å². The van der Waals surface area contributed by atoms with Crippen LogP contribution in [0.5, 0.6) is 0 Å². The molecule has 0 fully saturated rings. The summed E-state index contributed by atoms with van der Waals surface area (Å²) in [5, 5.41) is 16.7. The van der Waals surface area contributed by atoms with Crippen molar-refractivity contribution in [2.24, 2.45) is 0 Å². The van der Waals surface area contributed by atoms with Gasteiger partial charge in [-0.2, -0.15) is 0 Å². The second-order valence-electron chi connectivity index (χ2n) is 1.85. The number of rotatable bonds is 6. The summed E-state index contributed by atoms with van der Waals surface area (Å²) in [5.41, 5.74) is 0. The Labute approximate surface area is 70.5 Å². The number of hydrogen-bond acceptors (Lipinski definition) is 4. The summed E-state index contributed by atoms with van der Waals surface area (Å²) in [4.78, 5) is 0. The van der Waals surface area contributed by atoms with Gasteiger partial charge in [-0.3, -0.25) is 8.42 Å². The van der Waals surface area contributed by atoms with Gasteiger partial charge >= 0.3 is 0 Å². The van der Waals surface area contributed by atoms with E-state index in [1.165, 1.54) is 0 Å². The van der Waals surface area contributed by atoms with Gasteiger partial charge in [0.25, 0.3) is 0 Å². The van der Waals surface area contributed by atoms with Crippen molar-refractivity contribution in [2.75, 3.05) is 29.8 Å². The maximum absolute atomic E-state index is 10.8. The van der Waals surface area contributed by atoms with E-state index in [2.05, 4.69) is 0 Å². The third-order valence-corrected chi connectivity index (χ3v) is 4.28. The molecule has 0 aromatic rings. The molecule has 0 amide bonds. The second-order valence-corrected chi connectivity index (χ2v) is 5.37. The smallest absolute Gasteiger partial charge is 0.0993 e. The van der Waals surface area contributed by atoms with E-state index in [-0.39, 0.29) is 29.8 Å². The van der Waals surface area contributed by atoms with Crippen LogP contribution in [-0.2, 0) is 21.6 Å². The van der Waals surface area contributed by atoms with Crippen LogP contribution < -0.4 is 0 Å². The van der Waals surface area contributed by atoms with Gasteiger partial charge in [0.2, 0.25) is 0 Å². The predicted octanol–water partition coefficient (Wildman–Crippen LogP) is -1.57. The summed E-state index contributed by atoms with van der Waals surface area (Å²) in [6.45, 7) is -0.300. The van der Waals surface area contributed by atoms with Gasteiger partial charge < -0.3 is 10.2 Å². The lowest BCUT2D eigenvalue weighted by Gasteiger charge is -1.98. The van der Waals surface area contributed by atoms with Gasteiger partial charge in [0.15, 0.2) is 0 Å². The number of aliphatic hydroxyl groups is 2. The lowest BCUT2D eigenvalue weighted by Crippen LogP contribution is -2.14. The average Bonchev–Trinajstić information content (AvgIpc) is 1.87. The standard InChI is InChI=1S/C5H12O4S2/c6-1-3-10(8)5-11(9)4-2-7/h6-7H,1-5H2. The first kappa shape index (κ1) is 11.2. The van der Waals surface area contributed by atoms with Gasteiger partial charge in [0, 0.05) is 33.1 Å². The highest BCUT2D eigenvalue weighted by atomic mass is 32.2. The van der Waals surface area contributed by atoms with Crippen LogP contribution in [0.4, 0.5) is 0 Å². The molecule has 0 saturated heterocycles. The van der Waals surface area contributed by atoms with Gasteiger partial charge in [-0.25, -0.2) is 0 Å². The number of aliphatic hydroxyl groups excluding tert-OH is 2. The largest absolute Gasteiger partial charge is 0.395 e. The first-order chi connectivity index (χ1) is 5.20. The highest BCUT2D eigenvalue weighted by molar-refractivity contribution is 8.01. The van der Waals surface area contributed by atoms with E-state index in [1.54, 1.807) is 0 Å². The van der Waals surface area contributed by atoms with Crippen LogP contribution >= 0.6 is 0 Å². The lowest BCUT2D eigenvalue weighted by molar-refractivity contribution is 0.321. The average molecular weight is 200 g/mol. The lowest BCUT2D eigenvalue weighted by atomic mass is 10.9. The van der Waals surface area contributed by atoms with E-state index < -0.39 is 21.6 Å². The Morgan fingerprint density at radius 2 is 1.27 bits per heavy atom. The topological polar surface area (TPSA) is 74.6 Å². The molecule has 0 radical (unpaired) electrons. The Morgan fingerprint density at radius 3 is 1.55 bits per heavy atom. The molecule has 2 atom stereocenters. The van der Waals surface area contributed by atoms with Crippen LogP contribution in [0.1, 0.15) is 0 Å². The summed E-state index contributed by atoms with van der Waals surface area (Å²) >= 11 is 0. The van der Waals surface area contributed by atoms with Crippen LogP contribution in [0, 0.1) is 0 Å². The van der Waals surface area contributed by atoms with Gasteiger partial charge in [-0.15, -0.1) is 0 Å². The van der Waals surface area contributed by atoms with E-state index in [9.17, 15) is 8.42 Å². The van der Waals surface area contributed by atoms with E-state index >= 15 is 0 Å². The van der Waals surface area contributed by atoms with E-state index in [1.807, 2.05) is 0 Å². The van der Waals surface area contributed by atoms with Crippen molar-refractivity contribution in [1.29, 1.82) is 0 Å². The Bertz CT molecular complexity index is 131. The van der Waals surface area contributed by atoms with Crippen molar-refractivity contribution in [3.8, 4) is 0 Å². The van der Waals surface area contributed by atoms with Crippen molar-refractivity contribution < 1.29 is 18.6 Å². The van der Waals surface area contributed by atoms with Gasteiger partial charge in [-0.05, 0) is 0 Å². The molecule has 6 heteroatoms. The zero-order chi connectivity index (χ0) is 8.69. The molecular formula is C5H12O4S2. The molecule has 2 unspecified atom stereocenters. The quantitative estimate of drug-likeness (QED) is 0.543. The molecule has 0 heterocycles. The molecule has 0 aromatic carbocycles. The first-order valence-electron chi connectivity index (χ1n) is 3.12. The summed E-state index contributed by atoms with van der Waals surface area (Å²) in [5.74, 6) is 0.328. The minimum absolute atomic E-state index is 0.0567. The fourth-order valence-electron chi connectivity index (χ4n) is 0.468. The van der Waals surface area contributed by atoms with Crippen molar-refractivity contribution in [1.82, 2.24) is 0 Å². The third kappa shape index (κ3) is 6.61. The molecule has 0 aromatic heterocycles. The van der Waals surface area contributed by atoms with Crippen LogP contribution in [-0.4, -0.2) is 48.4 Å². The molecule has 0 aliphatic rings. The zero-order valence-electron chi connectivity index (χ0n) is 6.06. The Morgan fingerprint density at radius 1 is 0.909 bits per heavy atom. The van der Waals surface area contributed by atoms with Crippen molar-refractivity contribution >= 4 is 21.6 Å². The maximum atomic E-state index is 10.8. The SMILES string of the molecule is O=S(CCO)CS(=O)CCO. The molecule has 0 saturated carbocycles. The molecule has 2 N–H and O–H groups in total. The summed E-state index contributed by atoms with van der Waals surface area (Å²) in [7, 11) is -2.43. The Hall–Kier alpha value is 0.220. The summed E-state index contributed by atoms with van der Waals surface area (Å²) in [6.07, 6.45) is 0. The molecule has 11 heavy (non-hydrogen) atoms. The maximum Gasteiger partial charge on any atom is 0.0993 e. The fourth-order valence-corrected chi connectivity index (χ4v) is 2.99. The first-order valence-corrected chi connectivity index (χ1v) is 6.10. The molecule has 0 aliphatic heterocycles. The highest BCUT2D eigenvalue weighted by Crippen LogP contribution is 1.88. The van der Waals surface area contributed by atoms with Crippen LogP contribution in [0.25, 0.3) is 0 Å². The van der Waals surface area contributed by atoms with Crippen LogP contribution in [0.3, 0.4) is 0 Å². The van der Waals surface area contributed by atoms with Crippen molar-refractivity contribution in [2.45, 2.75) is 0 Å². The van der Waals surface area contributed by atoms with Crippen LogP contribution in [0.2, 0.25) is 0 Å². The minimum atomic E-state index is -1.21. The minimum Gasteiger partial charge on any atom is -0.395 e. The third-order valence-electron chi connectivity index (χ3n) is 0.901. The van der Waals surface area contributed by atoms with E-state index in [4.69, 9.17) is 10.2 Å². The summed E-state index contributed by atoms with van der Waals surface area (Å²) < 4.78 is 21.6. The molecular weight excluding hydrogens is 188 g/mol. The molecule has 0 spiro atoms. The fraction of sp³-hybridized carbons (Fsp3) is 1.00. The normalized spacial score (nSPS) is 16.2. The number of hydrogen-bond donors (Lipinski definition) is 2. The zero-order valence-corrected chi connectivity index (χ0v) is 7.70. The monoisotopic (exact) mass is 200 g/mol. The van der Waals surface area contributed by atoms with Crippen molar-refractivity contribution in [3.05, 3.63) is 0 Å². The molecule has 0 aliphatic carbocycles. The predicted molar refractivity (Wildman–Crippen MR) is 45.1 cm³/mol. The van der Waals surface area contributed by atoms with Crippen LogP contribution in [0.15, 0.2) is 0 Å². The van der Waals surface area contributed by atoms with Crippen molar-refractivity contribution in [3.63, 3.8) is 0 Å². The van der Waals surface area contributed by atoms with Gasteiger partial charge in [0.05, 0.1) is 18.3 Å². The molecule has 4 nitrogen and oxygen atoms in total. The van der Waals surface area contributed by atoms with Gasteiger partial charge in [0.1, 0.15) is 0 Å². The Kier molecular flexibility index (Phi) is 7.04. The molecule has 68 valence electrons. The highest BCUT2D eigenvalue weighted by Gasteiger charge is 2.04. The summed E-state index contributed by atoms with van der Waals surface area (Å²) in [6, 6.07) is 0. The van der Waals surface area contributed by atoms with E-state index in [0.717, 1.165) is 0 Å². The second kappa shape index (κ2) is 6.90.